The second-order valence-corrected chi connectivity index (χ2v) is 6.91. The molecule has 0 saturated heterocycles. The molecule has 1 aliphatic rings. The molecule has 2 rings (SSSR count). The number of aliphatic hydroxyl groups excluding tert-OH is 1. The van der Waals surface area contributed by atoms with Gasteiger partial charge in [-0.2, -0.15) is 0 Å². The molecule has 0 aromatic heterocycles. The maximum atomic E-state index is 11.8. The first-order valence-electron chi connectivity index (χ1n) is 7.01. The van der Waals surface area contributed by atoms with Crippen LogP contribution in [0.3, 0.4) is 0 Å². The van der Waals surface area contributed by atoms with E-state index < -0.39 is 10.0 Å². The number of nitrogens with zero attached hydrogens (tertiary/aromatic N) is 1. The van der Waals surface area contributed by atoms with Crippen LogP contribution in [0.4, 0.5) is 5.69 Å². The molecule has 0 fully saturated rings. The largest absolute Gasteiger partial charge is 0.396 e. The van der Waals surface area contributed by atoms with Crippen molar-refractivity contribution in [2.45, 2.75) is 30.6 Å². The lowest BCUT2D eigenvalue weighted by Gasteiger charge is -2.19. The van der Waals surface area contributed by atoms with Crippen LogP contribution < -0.4 is 9.62 Å². The summed E-state index contributed by atoms with van der Waals surface area (Å²) >= 11 is 0. The van der Waals surface area contributed by atoms with Gasteiger partial charge in [0.2, 0.25) is 10.0 Å². The molecule has 0 atom stereocenters. The number of benzene rings is 1. The Kier molecular flexibility index (Phi) is 5.01. The zero-order valence-corrected chi connectivity index (χ0v) is 12.6. The van der Waals surface area contributed by atoms with Gasteiger partial charge in [0.15, 0.2) is 0 Å². The maximum absolute atomic E-state index is 11.8. The third kappa shape index (κ3) is 3.31. The molecule has 1 aromatic carbocycles. The van der Waals surface area contributed by atoms with E-state index in [1.165, 1.54) is 12.6 Å². The standard InChI is InChI=1S/C14H22N2O3S/c1-15-20(18,19)13-6-5-12-7-9-16(14(12)11-13)8-3-2-4-10-17/h5-6,11,15,17H,2-4,7-10H2,1H3. The molecule has 5 nitrogen and oxygen atoms in total. The van der Waals surface area contributed by atoms with Gasteiger partial charge in [-0.1, -0.05) is 6.07 Å². The van der Waals surface area contributed by atoms with Crippen LogP contribution in [0.15, 0.2) is 23.1 Å². The van der Waals surface area contributed by atoms with Crippen LogP contribution in [0.5, 0.6) is 0 Å². The van der Waals surface area contributed by atoms with Gasteiger partial charge in [0.1, 0.15) is 0 Å². The Labute approximate surface area is 120 Å². The molecule has 0 unspecified atom stereocenters. The van der Waals surface area contributed by atoms with Crippen molar-refractivity contribution in [3.05, 3.63) is 23.8 Å². The first-order chi connectivity index (χ1) is 9.58. The third-order valence-electron chi connectivity index (χ3n) is 3.71. The monoisotopic (exact) mass is 298 g/mol. The van der Waals surface area contributed by atoms with E-state index in [4.69, 9.17) is 5.11 Å². The van der Waals surface area contributed by atoms with E-state index in [-0.39, 0.29) is 6.61 Å². The van der Waals surface area contributed by atoms with Crippen LogP contribution in [-0.2, 0) is 16.4 Å². The normalized spacial score (nSPS) is 14.6. The van der Waals surface area contributed by atoms with E-state index in [1.807, 2.05) is 6.07 Å². The van der Waals surface area contributed by atoms with E-state index >= 15 is 0 Å². The molecule has 0 aliphatic carbocycles. The first-order valence-corrected chi connectivity index (χ1v) is 8.49. The fourth-order valence-corrected chi connectivity index (χ4v) is 3.28. The molecule has 20 heavy (non-hydrogen) atoms. The number of hydrogen-bond donors (Lipinski definition) is 2. The van der Waals surface area contributed by atoms with Crippen molar-refractivity contribution in [3.8, 4) is 0 Å². The number of anilines is 1. The summed E-state index contributed by atoms with van der Waals surface area (Å²) in [7, 11) is -1.96. The van der Waals surface area contributed by atoms with Crippen LogP contribution in [-0.4, -0.2) is 40.3 Å². The van der Waals surface area contributed by atoms with Crippen LogP contribution in [0.1, 0.15) is 24.8 Å². The molecular weight excluding hydrogens is 276 g/mol. The quantitative estimate of drug-likeness (QED) is 0.740. The van der Waals surface area contributed by atoms with E-state index in [1.54, 1.807) is 12.1 Å². The second-order valence-electron chi connectivity index (χ2n) is 5.02. The number of unbranched alkanes of at least 4 members (excludes halogenated alkanes) is 2. The van der Waals surface area contributed by atoms with Crippen LogP contribution >= 0.6 is 0 Å². The molecule has 1 aliphatic heterocycles. The van der Waals surface area contributed by atoms with Crippen LogP contribution in [0.2, 0.25) is 0 Å². The lowest BCUT2D eigenvalue weighted by molar-refractivity contribution is 0.283. The van der Waals surface area contributed by atoms with Gasteiger partial charge < -0.3 is 10.0 Å². The molecule has 0 amide bonds. The minimum Gasteiger partial charge on any atom is -0.396 e. The fraction of sp³-hybridized carbons (Fsp3) is 0.571. The maximum Gasteiger partial charge on any atom is 0.240 e. The minimum absolute atomic E-state index is 0.237. The fourth-order valence-electron chi connectivity index (χ4n) is 2.53. The number of fused-ring (bicyclic) bond motifs is 1. The van der Waals surface area contributed by atoms with Gasteiger partial charge in [-0.05, 0) is 50.4 Å². The SMILES string of the molecule is CNS(=O)(=O)c1ccc2c(c1)N(CCCCCO)CC2. The van der Waals surface area contributed by atoms with Crippen molar-refractivity contribution < 1.29 is 13.5 Å². The van der Waals surface area contributed by atoms with Crippen molar-refractivity contribution in [1.82, 2.24) is 4.72 Å². The molecule has 6 heteroatoms. The zero-order valence-electron chi connectivity index (χ0n) is 11.8. The Morgan fingerprint density at radius 1 is 1.30 bits per heavy atom. The van der Waals surface area contributed by atoms with E-state index in [0.717, 1.165) is 44.5 Å². The van der Waals surface area contributed by atoms with E-state index in [9.17, 15) is 8.42 Å². The summed E-state index contributed by atoms with van der Waals surface area (Å²) in [5, 5.41) is 8.78. The van der Waals surface area contributed by atoms with Crippen molar-refractivity contribution in [1.29, 1.82) is 0 Å². The average molecular weight is 298 g/mol. The number of sulfonamides is 1. The zero-order chi connectivity index (χ0) is 14.6. The summed E-state index contributed by atoms with van der Waals surface area (Å²) in [6.45, 7) is 2.09. The molecular formula is C14H22N2O3S. The summed E-state index contributed by atoms with van der Waals surface area (Å²) in [4.78, 5) is 2.56. The highest BCUT2D eigenvalue weighted by atomic mass is 32.2. The van der Waals surface area contributed by atoms with Gasteiger partial charge in [0.05, 0.1) is 4.90 Å². The summed E-state index contributed by atoms with van der Waals surface area (Å²) in [6.07, 6.45) is 3.81. The number of rotatable bonds is 7. The molecule has 1 aromatic rings. The Hall–Kier alpha value is -1.11. The van der Waals surface area contributed by atoms with Crippen molar-refractivity contribution in [2.75, 3.05) is 31.6 Å². The Morgan fingerprint density at radius 3 is 2.80 bits per heavy atom. The van der Waals surface area contributed by atoms with Crippen molar-refractivity contribution in [2.24, 2.45) is 0 Å². The van der Waals surface area contributed by atoms with Gasteiger partial charge >= 0.3 is 0 Å². The van der Waals surface area contributed by atoms with Crippen molar-refractivity contribution >= 4 is 15.7 Å². The van der Waals surface area contributed by atoms with E-state index in [0.29, 0.717) is 4.90 Å². The van der Waals surface area contributed by atoms with Gasteiger partial charge in [-0.15, -0.1) is 0 Å². The molecule has 2 N–H and O–H groups in total. The summed E-state index contributed by atoms with van der Waals surface area (Å²) in [5.41, 5.74) is 2.24. The van der Waals surface area contributed by atoms with Gasteiger partial charge in [-0.25, -0.2) is 13.1 Å². The predicted molar refractivity (Wildman–Crippen MR) is 79.5 cm³/mol. The molecule has 0 radical (unpaired) electrons. The van der Waals surface area contributed by atoms with Crippen LogP contribution in [0.25, 0.3) is 0 Å². The highest BCUT2D eigenvalue weighted by Gasteiger charge is 2.21. The summed E-state index contributed by atoms with van der Waals surface area (Å²) in [6, 6.07) is 5.34. The molecule has 1 heterocycles. The molecule has 0 saturated carbocycles. The third-order valence-corrected chi connectivity index (χ3v) is 5.13. The Bertz CT molecular complexity index is 558. The second kappa shape index (κ2) is 6.56. The highest BCUT2D eigenvalue weighted by Crippen LogP contribution is 2.30. The lowest BCUT2D eigenvalue weighted by atomic mass is 10.2. The Morgan fingerprint density at radius 2 is 2.10 bits per heavy atom. The lowest BCUT2D eigenvalue weighted by Crippen LogP contribution is -2.22. The number of aliphatic hydroxyl groups is 1. The topological polar surface area (TPSA) is 69.6 Å². The Balaban J connectivity index is 2.12. The van der Waals surface area contributed by atoms with Gasteiger partial charge in [0.25, 0.3) is 0 Å². The molecule has 0 spiro atoms. The smallest absolute Gasteiger partial charge is 0.240 e. The molecule has 112 valence electrons. The average Bonchev–Trinajstić information content (AvgIpc) is 2.86. The predicted octanol–water partition coefficient (Wildman–Crippen LogP) is 1.12. The number of nitrogens with one attached hydrogen (secondary N) is 1. The molecule has 0 bridgehead atoms. The first kappa shape index (κ1) is 15.3. The summed E-state index contributed by atoms with van der Waals surface area (Å²) < 4.78 is 26.0. The van der Waals surface area contributed by atoms with Gasteiger partial charge in [0, 0.05) is 25.4 Å². The van der Waals surface area contributed by atoms with Crippen LogP contribution in [0, 0.1) is 0 Å². The number of hydrogen-bond acceptors (Lipinski definition) is 4. The summed E-state index contributed by atoms with van der Waals surface area (Å²) in [5.74, 6) is 0. The van der Waals surface area contributed by atoms with Crippen molar-refractivity contribution in [3.63, 3.8) is 0 Å². The minimum atomic E-state index is -3.38. The van der Waals surface area contributed by atoms with Gasteiger partial charge in [-0.3, -0.25) is 0 Å². The van der Waals surface area contributed by atoms with E-state index in [2.05, 4.69) is 9.62 Å². The highest BCUT2D eigenvalue weighted by molar-refractivity contribution is 7.89.